The van der Waals surface area contributed by atoms with E-state index in [0.29, 0.717) is 23.1 Å². The van der Waals surface area contributed by atoms with Gasteiger partial charge in [-0.3, -0.25) is 14.6 Å². The molecule has 0 atom stereocenters. The molecule has 144 valence electrons. The molecule has 7 nitrogen and oxygen atoms in total. The van der Waals surface area contributed by atoms with Gasteiger partial charge in [0.2, 0.25) is 5.95 Å². The summed E-state index contributed by atoms with van der Waals surface area (Å²) in [6.07, 6.45) is 2.18. The lowest BCUT2D eigenvalue weighted by atomic mass is 10.00. The van der Waals surface area contributed by atoms with Crippen molar-refractivity contribution in [2.45, 2.75) is 26.3 Å². The van der Waals surface area contributed by atoms with E-state index in [0.717, 1.165) is 31.6 Å². The topological polar surface area (TPSA) is 81.3 Å². The Balaban J connectivity index is 1.65. The molecule has 2 heterocycles. The quantitative estimate of drug-likeness (QED) is 0.843. The zero-order chi connectivity index (χ0) is 19.4. The van der Waals surface area contributed by atoms with Crippen LogP contribution in [0.1, 0.15) is 35.8 Å². The molecule has 1 aliphatic heterocycles. The van der Waals surface area contributed by atoms with Crippen LogP contribution in [0.15, 0.2) is 35.1 Å². The maximum Gasteiger partial charge on any atom is 0.252 e. The van der Waals surface area contributed by atoms with E-state index in [1.165, 1.54) is 6.07 Å². The van der Waals surface area contributed by atoms with Gasteiger partial charge in [-0.2, -0.15) is 0 Å². The maximum absolute atomic E-state index is 12.4. The summed E-state index contributed by atoms with van der Waals surface area (Å²) in [5.74, 6) is 1.11. The van der Waals surface area contributed by atoms with Crippen molar-refractivity contribution in [1.82, 2.24) is 15.3 Å². The summed E-state index contributed by atoms with van der Waals surface area (Å²) in [7, 11) is 3.91. The number of anilines is 2. The van der Waals surface area contributed by atoms with E-state index in [4.69, 9.17) is 0 Å². The standard InChI is InChI=1S/C20H27N5O2/c1-14-8-10-25(11-9-14)20-22-16(12-18(26)23-20)13-21-19(27)15-4-6-17(7-5-15)24(2)3/h4-7,12,14H,8-11,13H2,1-3H3,(H,21,27)(H,22,23,26). The first-order valence-electron chi connectivity index (χ1n) is 9.33. The molecule has 0 spiro atoms. The number of H-pyrrole nitrogens is 1. The van der Waals surface area contributed by atoms with Gasteiger partial charge < -0.3 is 15.1 Å². The molecule has 0 unspecified atom stereocenters. The predicted molar refractivity (Wildman–Crippen MR) is 107 cm³/mol. The molecule has 27 heavy (non-hydrogen) atoms. The Hall–Kier alpha value is -2.83. The third-order valence-corrected chi connectivity index (χ3v) is 4.94. The Labute approximate surface area is 159 Å². The highest BCUT2D eigenvalue weighted by Gasteiger charge is 2.18. The van der Waals surface area contributed by atoms with Crippen LogP contribution >= 0.6 is 0 Å². The van der Waals surface area contributed by atoms with Crippen LogP contribution in [-0.2, 0) is 6.54 Å². The van der Waals surface area contributed by atoms with Gasteiger partial charge in [0.1, 0.15) is 0 Å². The van der Waals surface area contributed by atoms with Crippen molar-refractivity contribution >= 4 is 17.5 Å². The van der Waals surface area contributed by atoms with Gasteiger partial charge >= 0.3 is 0 Å². The maximum atomic E-state index is 12.4. The van der Waals surface area contributed by atoms with Crippen LogP contribution in [0.2, 0.25) is 0 Å². The second kappa shape index (κ2) is 8.24. The highest BCUT2D eigenvalue weighted by Crippen LogP contribution is 2.19. The van der Waals surface area contributed by atoms with Crippen LogP contribution in [0.25, 0.3) is 0 Å². The fourth-order valence-electron chi connectivity index (χ4n) is 3.14. The lowest BCUT2D eigenvalue weighted by Gasteiger charge is -2.30. The monoisotopic (exact) mass is 369 g/mol. The number of nitrogens with one attached hydrogen (secondary N) is 2. The molecule has 1 saturated heterocycles. The number of nitrogens with zero attached hydrogens (tertiary/aromatic N) is 3. The molecule has 0 aliphatic carbocycles. The van der Waals surface area contributed by atoms with Crippen molar-refractivity contribution in [3.63, 3.8) is 0 Å². The molecule has 0 saturated carbocycles. The van der Waals surface area contributed by atoms with E-state index in [-0.39, 0.29) is 18.0 Å². The molecule has 3 rings (SSSR count). The van der Waals surface area contributed by atoms with Crippen LogP contribution < -0.4 is 20.7 Å². The lowest BCUT2D eigenvalue weighted by Crippen LogP contribution is -2.35. The molecular formula is C20H27N5O2. The summed E-state index contributed by atoms with van der Waals surface area (Å²) in [6, 6.07) is 8.81. The number of benzene rings is 1. The Kier molecular flexibility index (Phi) is 5.78. The SMILES string of the molecule is CC1CCN(c2nc(CNC(=O)c3ccc(N(C)C)cc3)cc(=O)[nH]2)CC1. The van der Waals surface area contributed by atoms with Crippen LogP contribution in [-0.4, -0.2) is 43.1 Å². The average molecular weight is 369 g/mol. The molecule has 0 bridgehead atoms. The van der Waals surface area contributed by atoms with Gasteiger partial charge in [-0.05, 0) is 43.0 Å². The molecule has 1 aliphatic rings. The van der Waals surface area contributed by atoms with Gasteiger partial charge in [-0.1, -0.05) is 6.92 Å². The van der Waals surface area contributed by atoms with Crippen molar-refractivity contribution in [1.29, 1.82) is 0 Å². The first-order chi connectivity index (χ1) is 12.9. The van der Waals surface area contributed by atoms with Crippen LogP contribution in [0.4, 0.5) is 11.6 Å². The van der Waals surface area contributed by atoms with Crippen molar-refractivity contribution < 1.29 is 4.79 Å². The van der Waals surface area contributed by atoms with E-state index in [1.807, 2.05) is 31.1 Å². The number of carbonyl (C=O) groups excluding carboxylic acids is 1. The lowest BCUT2D eigenvalue weighted by molar-refractivity contribution is 0.0950. The second-order valence-corrected chi connectivity index (χ2v) is 7.35. The smallest absolute Gasteiger partial charge is 0.252 e. The molecule has 1 fully saturated rings. The number of hydrogen-bond acceptors (Lipinski definition) is 5. The number of hydrogen-bond donors (Lipinski definition) is 2. The highest BCUT2D eigenvalue weighted by atomic mass is 16.1. The largest absolute Gasteiger partial charge is 0.378 e. The molecule has 1 aromatic carbocycles. The first kappa shape index (κ1) is 18.9. The minimum Gasteiger partial charge on any atom is -0.378 e. The Morgan fingerprint density at radius 2 is 1.93 bits per heavy atom. The molecule has 0 radical (unpaired) electrons. The Morgan fingerprint density at radius 3 is 2.56 bits per heavy atom. The van der Waals surface area contributed by atoms with Gasteiger partial charge in [0.25, 0.3) is 11.5 Å². The summed E-state index contributed by atoms with van der Waals surface area (Å²) in [5, 5.41) is 2.84. The second-order valence-electron chi connectivity index (χ2n) is 7.35. The van der Waals surface area contributed by atoms with Gasteiger partial charge in [0.15, 0.2) is 0 Å². The third kappa shape index (κ3) is 4.87. The molecule has 2 N–H and O–H groups in total. The van der Waals surface area contributed by atoms with E-state index in [1.54, 1.807) is 12.1 Å². The van der Waals surface area contributed by atoms with E-state index >= 15 is 0 Å². The normalized spacial score (nSPS) is 14.9. The molecule has 7 heteroatoms. The number of piperidine rings is 1. The van der Waals surface area contributed by atoms with Gasteiger partial charge in [0.05, 0.1) is 12.2 Å². The Bertz CT molecular complexity index is 836. The number of aromatic amines is 1. The molecule has 1 amide bonds. The predicted octanol–water partition coefficient (Wildman–Crippen LogP) is 2.00. The number of aromatic nitrogens is 2. The highest BCUT2D eigenvalue weighted by molar-refractivity contribution is 5.94. The van der Waals surface area contributed by atoms with Crippen molar-refractivity contribution in [3.8, 4) is 0 Å². The molecule has 2 aromatic rings. The van der Waals surface area contributed by atoms with Crippen LogP contribution in [0, 0.1) is 5.92 Å². The summed E-state index contributed by atoms with van der Waals surface area (Å²) < 4.78 is 0. The zero-order valence-corrected chi connectivity index (χ0v) is 16.2. The van der Waals surface area contributed by atoms with Crippen LogP contribution in [0.5, 0.6) is 0 Å². The van der Waals surface area contributed by atoms with E-state index in [2.05, 4.69) is 27.1 Å². The van der Waals surface area contributed by atoms with Crippen molar-refractivity contribution in [2.24, 2.45) is 5.92 Å². The molecular weight excluding hydrogens is 342 g/mol. The van der Waals surface area contributed by atoms with Crippen molar-refractivity contribution in [3.05, 3.63) is 51.9 Å². The Morgan fingerprint density at radius 1 is 1.26 bits per heavy atom. The fourth-order valence-corrected chi connectivity index (χ4v) is 3.14. The first-order valence-corrected chi connectivity index (χ1v) is 9.33. The number of carbonyl (C=O) groups is 1. The van der Waals surface area contributed by atoms with Crippen LogP contribution in [0.3, 0.4) is 0 Å². The average Bonchev–Trinajstić information content (AvgIpc) is 2.66. The summed E-state index contributed by atoms with van der Waals surface area (Å²) >= 11 is 0. The number of amides is 1. The van der Waals surface area contributed by atoms with E-state index < -0.39 is 0 Å². The summed E-state index contributed by atoms with van der Waals surface area (Å²) in [6.45, 7) is 4.23. The third-order valence-electron chi connectivity index (χ3n) is 4.94. The zero-order valence-electron chi connectivity index (χ0n) is 16.2. The van der Waals surface area contributed by atoms with Gasteiger partial charge in [-0.25, -0.2) is 4.98 Å². The fraction of sp³-hybridized carbons (Fsp3) is 0.450. The van der Waals surface area contributed by atoms with Gasteiger partial charge in [-0.15, -0.1) is 0 Å². The summed E-state index contributed by atoms with van der Waals surface area (Å²) in [4.78, 5) is 35.8. The van der Waals surface area contributed by atoms with E-state index in [9.17, 15) is 9.59 Å². The number of rotatable bonds is 5. The summed E-state index contributed by atoms with van der Waals surface area (Å²) in [5.41, 5.74) is 1.97. The minimum atomic E-state index is -0.196. The minimum absolute atomic E-state index is 0.185. The van der Waals surface area contributed by atoms with Crippen molar-refractivity contribution in [2.75, 3.05) is 37.0 Å². The molecule has 1 aromatic heterocycles. The van der Waals surface area contributed by atoms with Gasteiger partial charge in [0, 0.05) is 44.5 Å².